The molecular weight excluding hydrogens is 444 g/mol. The molecule has 1 aromatic heterocycles. The minimum Gasteiger partial charge on any atom is -0.466 e. The number of aromatic nitrogens is 2. The highest BCUT2D eigenvalue weighted by Crippen LogP contribution is 2.24. The van der Waals surface area contributed by atoms with E-state index in [0.29, 0.717) is 18.7 Å². The number of esters is 1. The molecule has 3 fully saturated rings. The molecule has 1 atom stereocenters. The van der Waals surface area contributed by atoms with Crippen LogP contribution in [0.25, 0.3) is 0 Å². The number of ether oxygens (including phenoxy) is 1. The minimum absolute atomic E-state index is 0.0659. The zero-order chi connectivity index (χ0) is 24.5. The van der Waals surface area contributed by atoms with Crippen molar-refractivity contribution in [1.29, 1.82) is 0 Å². The molecule has 194 valence electrons. The summed E-state index contributed by atoms with van der Waals surface area (Å²) in [4.78, 5) is 40.3. The van der Waals surface area contributed by atoms with Gasteiger partial charge in [0, 0.05) is 57.4 Å². The van der Waals surface area contributed by atoms with Crippen LogP contribution in [-0.4, -0.2) is 89.6 Å². The first-order valence-electron chi connectivity index (χ1n) is 13.6. The lowest BCUT2D eigenvalue weighted by Crippen LogP contribution is -2.52. The van der Waals surface area contributed by atoms with Crippen molar-refractivity contribution in [3.63, 3.8) is 0 Å². The molecule has 35 heavy (non-hydrogen) atoms. The summed E-state index contributed by atoms with van der Waals surface area (Å²) >= 11 is 0. The zero-order valence-corrected chi connectivity index (χ0v) is 21.3. The van der Waals surface area contributed by atoms with Crippen LogP contribution in [0.5, 0.6) is 0 Å². The van der Waals surface area contributed by atoms with Gasteiger partial charge in [0.15, 0.2) is 0 Å². The van der Waals surface area contributed by atoms with Gasteiger partial charge >= 0.3 is 5.97 Å². The Bertz CT molecular complexity index is 821. The van der Waals surface area contributed by atoms with E-state index in [9.17, 15) is 9.59 Å². The number of carbonyl (C=O) groups is 2. The monoisotopic (exact) mass is 486 g/mol. The van der Waals surface area contributed by atoms with E-state index in [1.807, 2.05) is 17.2 Å². The fraction of sp³-hybridized carbons (Fsp3) is 0.769. The average Bonchev–Trinajstić information content (AvgIpc) is 3.18. The van der Waals surface area contributed by atoms with Crippen LogP contribution < -0.4 is 10.2 Å². The summed E-state index contributed by atoms with van der Waals surface area (Å²) in [5.41, 5.74) is 0. The third-order valence-electron chi connectivity index (χ3n) is 7.54. The first-order valence-corrected chi connectivity index (χ1v) is 13.6. The number of amides is 1. The van der Waals surface area contributed by atoms with Crippen LogP contribution >= 0.6 is 0 Å². The van der Waals surface area contributed by atoms with E-state index in [1.54, 1.807) is 6.92 Å². The van der Waals surface area contributed by atoms with Gasteiger partial charge in [-0.2, -0.15) is 4.98 Å². The van der Waals surface area contributed by atoms with Gasteiger partial charge in [-0.15, -0.1) is 0 Å². The highest BCUT2D eigenvalue weighted by molar-refractivity contribution is 5.81. The van der Waals surface area contributed by atoms with Crippen LogP contribution in [0.2, 0.25) is 0 Å². The van der Waals surface area contributed by atoms with Gasteiger partial charge in [-0.05, 0) is 58.1 Å². The summed E-state index contributed by atoms with van der Waals surface area (Å²) in [5.74, 6) is 1.55. The normalized spacial score (nSPS) is 22.5. The molecule has 9 heteroatoms. The number of nitrogens with one attached hydrogen (secondary N) is 1. The van der Waals surface area contributed by atoms with Crippen molar-refractivity contribution in [2.24, 2.45) is 0 Å². The summed E-state index contributed by atoms with van der Waals surface area (Å²) in [6.07, 6.45) is 11.6. The number of rotatable bonds is 8. The van der Waals surface area contributed by atoms with Crippen molar-refractivity contribution >= 4 is 23.6 Å². The number of likely N-dealkylation sites (tertiary alicyclic amines) is 2. The molecule has 0 saturated carbocycles. The minimum atomic E-state index is -0.288. The van der Waals surface area contributed by atoms with Crippen molar-refractivity contribution in [3.05, 3.63) is 12.3 Å². The number of piperidine rings is 2. The van der Waals surface area contributed by atoms with Crippen LogP contribution in [0.4, 0.5) is 11.8 Å². The molecule has 0 bridgehead atoms. The molecule has 1 aromatic rings. The summed E-state index contributed by atoms with van der Waals surface area (Å²) in [6.45, 7) is 7.93. The lowest BCUT2D eigenvalue weighted by molar-refractivity contribution is -0.146. The summed E-state index contributed by atoms with van der Waals surface area (Å²) < 4.78 is 4.94. The molecule has 0 radical (unpaired) electrons. The Labute approximate surface area is 209 Å². The second-order valence-electron chi connectivity index (χ2n) is 10.0. The van der Waals surface area contributed by atoms with Crippen LogP contribution in [0, 0.1) is 0 Å². The highest BCUT2D eigenvalue weighted by Gasteiger charge is 2.30. The lowest BCUT2D eigenvalue weighted by Gasteiger charge is -2.42. The SMILES string of the molecule is CCOC(=O)CCC(=O)N1CCC(N2CCCC(Nc3nccc(N4CCCCCC4)n3)C2)CC1. The van der Waals surface area contributed by atoms with Crippen molar-refractivity contribution < 1.29 is 14.3 Å². The molecule has 3 aliphatic rings. The second-order valence-corrected chi connectivity index (χ2v) is 10.0. The third kappa shape index (κ3) is 7.53. The van der Waals surface area contributed by atoms with Gasteiger partial charge in [-0.3, -0.25) is 14.5 Å². The number of hydrogen-bond donors (Lipinski definition) is 1. The van der Waals surface area contributed by atoms with E-state index < -0.39 is 0 Å². The molecule has 0 aromatic carbocycles. The van der Waals surface area contributed by atoms with E-state index in [0.717, 1.165) is 76.7 Å². The molecule has 9 nitrogen and oxygen atoms in total. The Morgan fingerprint density at radius 3 is 2.51 bits per heavy atom. The molecular formula is C26H42N6O3. The summed E-state index contributed by atoms with van der Waals surface area (Å²) in [6, 6.07) is 2.87. The Morgan fingerprint density at radius 2 is 1.77 bits per heavy atom. The van der Waals surface area contributed by atoms with Gasteiger partial charge in [0.05, 0.1) is 13.0 Å². The maximum atomic E-state index is 12.5. The maximum Gasteiger partial charge on any atom is 0.306 e. The molecule has 4 rings (SSSR count). The fourth-order valence-electron chi connectivity index (χ4n) is 5.61. The highest BCUT2D eigenvalue weighted by atomic mass is 16.5. The van der Waals surface area contributed by atoms with E-state index in [1.165, 1.54) is 25.7 Å². The van der Waals surface area contributed by atoms with Crippen LogP contribution in [0.3, 0.4) is 0 Å². The summed E-state index contributed by atoms with van der Waals surface area (Å²) in [5, 5.41) is 3.61. The van der Waals surface area contributed by atoms with E-state index in [-0.39, 0.29) is 24.7 Å². The number of anilines is 2. The fourth-order valence-corrected chi connectivity index (χ4v) is 5.61. The Balaban J connectivity index is 1.24. The van der Waals surface area contributed by atoms with Crippen molar-refractivity contribution in [2.75, 3.05) is 56.1 Å². The van der Waals surface area contributed by atoms with Gasteiger partial charge in [0.1, 0.15) is 5.82 Å². The number of carbonyl (C=O) groups excluding carboxylic acids is 2. The van der Waals surface area contributed by atoms with Gasteiger partial charge in [-0.1, -0.05) is 12.8 Å². The predicted molar refractivity (Wildman–Crippen MR) is 136 cm³/mol. The molecule has 1 amide bonds. The van der Waals surface area contributed by atoms with Crippen molar-refractivity contribution in [1.82, 2.24) is 19.8 Å². The van der Waals surface area contributed by atoms with Crippen molar-refractivity contribution in [3.8, 4) is 0 Å². The third-order valence-corrected chi connectivity index (χ3v) is 7.54. The standard InChI is InChI=1S/C26H42N6O3/c1-2-35-25(34)10-9-24(33)31-18-12-22(13-19-31)32-17-7-8-21(20-32)28-26-27-14-11-23(29-26)30-15-5-3-4-6-16-30/h11,14,21-22H,2-10,12-13,15-20H2,1H3,(H,27,28,29). The predicted octanol–water partition coefficient (Wildman–Crippen LogP) is 3.07. The molecule has 3 aliphatic heterocycles. The molecule has 1 N–H and O–H groups in total. The largest absolute Gasteiger partial charge is 0.466 e. The quantitative estimate of drug-likeness (QED) is 0.561. The summed E-state index contributed by atoms with van der Waals surface area (Å²) in [7, 11) is 0. The van der Waals surface area contributed by atoms with Gasteiger partial charge in [0.2, 0.25) is 11.9 Å². The van der Waals surface area contributed by atoms with Crippen LogP contribution in [0.15, 0.2) is 12.3 Å². The van der Waals surface area contributed by atoms with Gasteiger partial charge < -0.3 is 19.9 Å². The molecule has 3 saturated heterocycles. The van der Waals surface area contributed by atoms with Gasteiger partial charge in [-0.25, -0.2) is 4.98 Å². The number of nitrogens with zero attached hydrogens (tertiary/aromatic N) is 5. The number of hydrogen-bond acceptors (Lipinski definition) is 8. The van der Waals surface area contributed by atoms with Crippen LogP contribution in [0.1, 0.15) is 71.1 Å². The first kappa shape index (κ1) is 25.7. The Morgan fingerprint density at radius 1 is 1.00 bits per heavy atom. The van der Waals surface area contributed by atoms with E-state index >= 15 is 0 Å². The molecule has 0 spiro atoms. The van der Waals surface area contributed by atoms with E-state index in [2.05, 4.69) is 20.1 Å². The Hall–Kier alpha value is -2.42. The van der Waals surface area contributed by atoms with Crippen molar-refractivity contribution in [2.45, 2.75) is 83.2 Å². The zero-order valence-electron chi connectivity index (χ0n) is 21.3. The molecule has 4 heterocycles. The second kappa shape index (κ2) is 13.0. The molecule has 1 unspecified atom stereocenters. The molecule has 0 aliphatic carbocycles. The van der Waals surface area contributed by atoms with Crippen LogP contribution in [-0.2, 0) is 14.3 Å². The topological polar surface area (TPSA) is 90.9 Å². The van der Waals surface area contributed by atoms with E-state index in [4.69, 9.17) is 9.72 Å². The average molecular weight is 487 g/mol. The smallest absolute Gasteiger partial charge is 0.306 e. The Kier molecular flexibility index (Phi) is 9.57. The lowest BCUT2D eigenvalue weighted by atomic mass is 9.97. The maximum absolute atomic E-state index is 12.5. The van der Waals surface area contributed by atoms with Gasteiger partial charge in [0.25, 0.3) is 0 Å². The first-order chi connectivity index (χ1) is 17.1.